The highest BCUT2D eigenvalue weighted by Gasteiger charge is 2.16. The maximum absolute atomic E-state index is 11.0. The van der Waals surface area contributed by atoms with Gasteiger partial charge in [-0.2, -0.15) is 0 Å². The summed E-state index contributed by atoms with van der Waals surface area (Å²) in [5, 5.41) is 17.9. The summed E-state index contributed by atoms with van der Waals surface area (Å²) >= 11 is 0. The van der Waals surface area contributed by atoms with Crippen molar-refractivity contribution < 1.29 is 15.0 Å². The standard InChI is InChI=1S/C11H12N2O3/c1-7-3-2-4-8-10(11(15)16)12-9(5-6-14)13(7)8/h2-4,14H,5-6H2,1H3,(H,15,16). The molecular weight excluding hydrogens is 208 g/mol. The van der Waals surface area contributed by atoms with Crippen molar-refractivity contribution in [2.24, 2.45) is 0 Å². The predicted molar refractivity (Wildman–Crippen MR) is 57.7 cm³/mol. The van der Waals surface area contributed by atoms with Crippen molar-refractivity contribution in [2.75, 3.05) is 6.61 Å². The second-order valence-electron chi connectivity index (χ2n) is 3.54. The van der Waals surface area contributed by atoms with Crippen LogP contribution in [0.4, 0.5) is 0 Å². The lowest BCUT2D eigenvalue weighted by atomic mass is 10.3. The number of hydrogen-bond donors (Lipinski definition) is 2. The molecule has 2 rings (SSSR count). The van der Waals surface area contributed by atoms with Crippen LogP contribution in [0, 0.1) is 6.92 Å². The SMILES string of the molecule is Cc1cccc2c(C(=O)O)nc(CCO)n12. The number of aryl methyl sites for hydroxylation is 1. The predicted octanol–water partition coefficient (Wildman–Crippen LogP) is 0.876. The molecule has 5 nitrogen and oxygen atoms in total. The quantitative estimate of drug-likeness (QED) is 0.805. The van der Waals surface area contributed by atoms with E-state index in [9.17, 15) is 4.79 Å². The van der Waals surface area contributed by atoms with Crippen LogP contribution in [-0.2, 0) is 6.42 Å². The highest BCUT2D eigenvalue weighted by Crippen LogP contribution is 2.16. The van der Waals surface area contributed by atoms with Crippen LogP contribution in [0.3, 0.4) is 0 Å². The molecule has 2 N–H and O–H groups in total. The van der Waals surface area contributed by atoms with Crippen LogP contribution in [0.1, 0.15) is 22.0 Å². The first kappa shape index (κ1) is 10.6. The largest absolute Gasteiger partial charge is 0.476 e. The Labute approximate surface area is 92.0 Å². The van der Waals surface area contributed by atoms with Gasteiger partial charge in [0.05, 0.1) is 12.1 Å². The topological polar surface area (TPSA) is 74.8 Å². The Hall–Kier alpha value is -1.88. The van der Waals surface area contributed by atoms with Gasteiger partial charge in [0.1, 0.15) is 5.82 Å². The zero-order chi connectivity index (χ0) is 11.7. The molecule has 0 fully saturated rings. The summed E-state index contributed by atoms with van der Waals surface area (Å²) < 4.78 is 1.76. The van der Waals surface area contributed by atoms with Gasteiger partial charge in [-0.05, 0) is 19.1 Å². The van der Waals surface area contributed by atoms with Gasteiger partial charge in [-0.25, -0.2) is 9.78 Å². The molecule has 0 amide bonds. The monoisotopic (exact) mass is 220 g/mol. The average Bonchev–Trinajstić information content (AvgIpc) is 2.59. The Morgan fingerprint density at radius 2 is 2.25 bits per heavy atom. The number of hydrogen-bond acceptors (Lipinski definition) is 3. The van der Waals surface area contributed by atoms with Gasteiger partial charge in [-0.15, -0.1) is 0 Å². The Morgan fingerprint density at radius 1 is 1.50 bits per heavy atom. The number of carbonyl (C=O) groups is 1. The smallest absolute Gasteiger partial charge is 0.356 e. The third kappa shape index (κ3) is 1.55. The number of fused-ring (bicyclic) bond motifs is 1. The van der Waals surface area contributed by atoms with Gasteiger partial charge >= 0.3 is 5.97 Å². The maximum atomic E-state index is 11.0. The van der Waals surface area contributed by atoms with Crippen molar-refractivity contribution in [3.05, 3.63) is 35.4 Å². The molecule has 16 heavy (non-hydrogen) atoms. The van der Waals surface area contributed by atoms with Crippen LogP contribution < -0.4 is 0 Å². The Kier molecular flexibility index (Phi) is 2.62. The van der Waals surface area contributed by atoms with Gasteiger partial charge in [-0.3, -0.25) is 0 Å². The molecule has 5 heteroatoms. The molecule has 2 heterocycles. The van der Waals surface area contributed by atoms with E-state index >= 15 is 0 Å². The highest BCUT2D eigenvalue weighted by atomic mass is 16.4. The van der Waals surface area contributed by atoms with E-state index in [0.29, 0.717) is 17.8 Å². The molecule has 2 aromatic heterocycles. The minimum absolute atomic E-state index is 0.0344. The van der Waals surface area contributed by atoms with Crippen LogP contribution in [0.25, 0.3) is 5.52 Å². The zero-order valence-electron chi connectivity index (χ0n) is 8.84. The second-order valence-corrected chi connectivity index (χ2v) is 3.54. The minimum Gasteiger partial charge on any atom is -0.476 e. The van der Waals surface area contributed by atoms with E-state index in [0.717, 1.165) is 5.69 Å². The first-order valence-electron chi connectivity index (χ1n) is 4.96. The zero-order valence-corrected chi connectivity index (χ0v) is 8.84. The van der Waals surface area contributed by atoms with Gasteiger partial charge in [-0.1, -0.05) is 6.07 Å². The minimum atomic E-state index is -1.05. The average molecular weight is 220 g/mol. The van der Waals surface area contributed by atoms with Gasteiger partial charge in [0.2, 0.25) is 0 Å². The summed E-state index contributed by atoms with van der Waals surface area (Å²) in [5.74, 6) is -0.472. The van der Waals surface area contributed by atoms with Crippen molar-refractivity contribution in [1.82, 2.24) is 9.38 Å². The number of nitrogens with zero attached hydrogens (tertiary/aromatic N) is 2. The number of carboxylic acids is 1. The molecule has 0 saturated carbocycles. The third-order valence-electron chi connectivity index (χ3n) is 2.46. The first-order valence-corrected chi connectivity index (χ1v) is 4.96. The normalized spacial score (nSPS) is 10.9. The summed E-state index contributed by atoms with van der Waals surface area (Å²) in [4.78, 5) is 15.0. The van der Waals surface area contributed by atoms with Crippen LogP contribution in [0.2, 0.25) is 0 Å². The van der Waals surface area contributed by atoms with E-state index in [4.69, 9.17) is 10.2 Å². The number of aromatic carboxylic acids is 1. The number of aromatic nitrogens is 2. The summed E-state index contributed by atoms with van der Waals surface area (Å²) in [6.45, 7) is 1.83. The van der Waals surface area contributed by atoms with E-state index in [1.165, 1.54) is 0 Å². The van der Waals surface area contributed by atoms with Gasteiger partial charge in [0.15, 0.2) is 5.69 Å². The molecule has 0 radical (unpaired) electrons. The number of aliphatic hydroxyl groups is 1. The fraction of sp³-hybridized carbons (Fsp3) is 0.273. The van der Waals surface area contributed by atoms with Gasteiger partial charge in [0, 0.05) is 12.1 Å². The third-order valence-corrected chi connectivity index (χ3v) is 2.46. The van der Waals surface area contributed by atoms with Gasteiger partial charge in [0.25, 0.3) is 0 Å². The molecule has 0 aliphatic carbocycles. The number of pyridine rings is 1. The molecule has 2 aromatic rings. The molecule has 0 aliphatic heterocycles. The molecule has 0 spiro atoms. The van der Waals surface area contributed by atoms with E-state index in [1.54, 1.807) is 16.5 Å². The van der Waals surface area contributed by atoms with Crippen molar-refractivity contribution in [2.45, 2.75) is 13.3 Å². The molecule has 0 atom stereocenters. The fourth-order valence-corrected chi connectivity index (χ4v) is 1.81. The van der Waals surface area contributed by atoms with Crippen molar-refractivity contribution >= 4 is 11.5 Å². The highest BCUT2D eigenvalue weighted by molar-refractivity contribution is 5.93. The lowest BCUT2D eigenvalue weighted by molar-refractivity contribution is 0.0693. The molecule has 0 aliphatic rings. The molecule has 0 bridgehead atoms. The van der Waals surface area contributed by atoms with Crippen LogP contribution in [0.5, 0.6) is 0 Å². The molecule has 0 unspecified atom stereocenters. The van der Waals surface area contributed by atoms with Gasteiger partial charge < -0.3 is 14.6 Å². The van der Waals surface area contributed by atoms with E-state index in [1.807, 2.05) is 13.0 Å². The van der Waals surface area contributed by atoms with E-state index in [2.05, 4.69) is 4.98 Å². The van der Waals surface area contributed by atoms with Crippen LogP contribution in [-0.4, -0.2) is 32.2 Å². The molecule has 0 aromatic carbocycles. The Bertz CT molecular complexity index is 545. The van der Waals surface area contributed by atoms with E-state index in [-0.39, 0.29) is 12.3 Å². The Balaban J connectivity index is 2.76. The molecule has 0 saturated heterocycles. The van der Waals surface area contributed by atoms with Crippen molar-refractivity contribution in [3.63, 3.8) is 0 Å². The number of rotatable bonds is 3. The van der Waals surface area contributed by atoms with Crippen molar-refractivity contribution in [3.8, 4) is 0 Å². The maximum Gasteiger partial charge on any atom is 0.356 e. The van der Waals surface area contributed by atoms with Crippen LogP contribution in [0.15, 0.2) is 18.2 Å². The first-order chi connectivity index (χ1) is 7.65. The lowest BCUT2D eigenvalue weighted by Gasteiger charge is -2.02. The molecule has 84 valence electrons. The molecular formula is C11H12N2O3. The second kappa shape index (κ2) is 3.94. The summed E-state index contributed by atoms with van der Waals surface area (Å²) in [6, 6.07) is 5.38. The fourth-order valence-electron chi connectivity index (χ4n) is 1.81. The summed E-state index contributed by atoms with van der Waals surface area (Å²) in [6.07, 6.45) is 0.347. The Morgan fingerprint density at radius 3 is 2.88 bits per heavy atom. The number of aliphatic hydroxyl groups excluding tert-OH is 1. The summed E-state index contributed by atoms with van der Waals surface area (Å²) in [7, 11) is 0. The van der Waals surface area contributed by atoms with E-state index < -0.39 is 5.97 Å². The lowest BCUT2D eigenvalue weighted by Crippen LogP contribution is -2.00. The van der Waals surface area contributed by atoms with Crippen molar-refractivity contribution in [1.29, 1.82) is 0 Å². The van der Waals surface area contributed by atoms with Crippen LogP contribution >= 0.6 is 0 Å². The summed E-state index contributed by atoms with van der Waals surface area (Å²) in [5.41, 5.74) is 1.50. The number of imidazole rings is 1. The number of carboxylic acid groups (broad SMARTS) is 1.